The zero-order valence-electron chi connectivity index (χ0n) is 23.2. The molecule has 11 nitrogen and oxygen atoms in total. The second kappa shape index (κ2) is 11.5. The number of anilines is 1. The number of carbonyl (C=O) groups is 4. The van der Waals surface area contributed by atoms with Gasteiger partial charge in [-0.15, -0.1) is 0 Å². The number of carboxylic acid groups (broad SMARTS) is 1. The third kappa shape index (κ3) is 6.68. The first-order valence-corrected chi connectivity index (χ1v) is 13.1. The highest BCUT2D eigenvalue weighted by molar-refractivity contribution is 5.94. The molecule has 0 radical (unpaired) electrons. The average Bonchev–Trinajstić information content (AvgIpc) is 3.07. The van der Waals surface area contributed by atoms with Crippen LogP contribution in [0.3, 0.4) is 0 Å². The number of carboxylic acids is 1. The fraction of sp³-hybridized carbons (Fsp3) is 0.630. The molecular weight excluding hydrogens is 490 g/mol. The number of hydrogen-bond acceptors (Lipinski definition) is 6. The number of hydrogen-bond donors (Lipinski definition) is 3. The molecule has 1 aromatic carbocycles. The maximum absolute atomic E-state index is 13.7. The lowest BCUT2D eigenvalue weighted by molar-refractivity contribution is -0.140. The Kier molecular flexibility index (Phi) is 8.79. The summed E-state index contributed by atoms with van der Waals surface area (Å²) in [6.07, 6.45) is 0.0308. The molecule has 0 aliphatic carbocycles. The summed E-state index contributed by atoms with van der Waals surface area (Å²) in [7, 11) is 0. The lowest BCUT2D eigenvalue weighted by Gasteiger charge is -2.43. The monoisotopic (exact) mass is 531 g/mol. The van der Waals surface area contributed by atoms with Crippen molar-refractivity contribution in [2.45, 2.75) is 77.6 Å². The minimum absolute atomic E-state index is 0.0796. The first kappa shape index (κ1) is 29.1. The number of para-hydroxylation sites is 1. The van der Waals surface area contributed by atoms with E-state index in [9.17, 15) is 24.3 Å². The maximum atomic E-state index is 13.7. The number of nitrogens with one attached hydrogen (secondary N) is 2. The van der Waals surface area contributed by atoms with E-state index in [1.54, 1.807) is 25.7 Å². The Balaban J connectivity index is 1.68. The summed E-state index contributed by atoms with van der Waals surface area (Å²) in [5, 5.41) is 14.6. The molecule has 3 rings (SSSR count). The van der Waals surface area contributed by atoms with Gasteiger partial charge in [0.1, 0.15) is 17.2 Å². The maximum Gasteiger partial charge on any atom is 0.408 e. The van der Waals surface area contributed by atoms with Gasteiger partial charge in [-0.1, -0.05) is 32.0 Å². The number of carbonyl (C=O) groups excluding carboxylic acids is 3. The van der Waals surface area contributed by atoms with Crippen LogP contribution in [0.1, 0.15) is 54.4 Å². The molecule has 38 heavy (non-hydrogen) atoms. The van der Waals surface area contributed by atoms with Crippen molar-refractivity contribution >= 4 is 29.7 Å². The van der Waals surface area contributed by atoms with E-state index in [0.29, 0.717) is 45.1 Å². The molecular formula is C27H41N5O6. The van der Waals surface area contributed by atoms with Gasteiger partial charge in [0.25, 0.3) is 0 Å². The van der Waals surface area contributed by atoms with E-state index >= 15 is 0 Å². The third-order valence-corrected chi connectivity index (χ3v) is 6.83. The van der Waals surface area contributed by atoms with Crippen molar-refractivity contribution in [2.75, 3.05) is 31.2 Å². The number of nitrogens with zero attached hydrogens (tertiary/aromatic N) is 3. The SMILES string of the molecule is CC(C)CN1CN(c2ccccc2)C2(CCN(C(=O)NC(C)C(NC(=O)OC(C)(C)C)C(=O)O)CC2)C1=O. The Morgan fingerprint density at radius 3 is 2.18 bits per heavy atom. The van der Waals surface area contributed by atoms with Gasteiger partial charge in [0, 0.05) is 25.3 Å². The molecule has 1 aromatic rings. The summed E-state index contributed by atoms with van der Waals surface area (Å²) in [5.74, 6) is -0.881. The van der Waals surface area contributed by atoms with Crippen molar-refractivity contribution in [1.29, 1.82) is 0 Å². The molecule has 2 unspecified atom stereocenters. The van der Waals surface area contributed by atoms with Crippen LogP contribution in [0.2, 0.25) is 0 Å². The van der Waals surface area contributed by atoms with Crippen LogP contribution in [-0.4, -0.2) is 88.4 Å². The molecule has 2 aliphatic rings. The summed E-state index contributed by atoms with van der Waals surface area (Å²) in [4.78, 5) is 56.3. The molecule has 3 N–H and O–H groups in total. The van der Waals surface area contributed by atoms with Gasteiger partial charge in [0.2, 0.25) is 5.91 Å². The minimum atomic E-state index is -1.38. The van der Waals surface area contributed by atoms with Crippen LogP contribution in [-0.2, 0) is 14.3 Å². The van der Waals surface area contributed by atoms with E-state index < -0.39 is 41.3 Å². The van der Waals surface area contributed by atoms with Gasteiger partial charge in [0.15, 0.2) is 0 Å². The van der Waals surface area contributed by atoms with Crippen molar-refractivity contribution in [3.05, 3.63) is 30.3 Å². The summed E-state index contributed by atoms with van der Waals surface area (Å²) < 4.78 is 5.16. The predicted molar refractivity (Wildman–Crippen MR) is 143 cm³/mol. The molecule has 0 bridgehead atoms. The molecule has 210 valence electrons. The van der Waals surface area contributed by atoms with Crippen LogP contribution in [0.4, 0.5) is 15.3 Å². The molecule has 2 heterocycles. The van der Waals surface area contributed by atoms with Crippen molar-refractivity contribution in [2.24, 2.45) is 5.92 Å². The number of urea groups is 1. The number of ether oxygens (including phenoxy) is 1. The van der Waals surface area contributed by atoms with Gasteiger partial charge >= 0.3 is 18.1 Å². The number of alkyl carbamates (subject to hydrolysis) is 1. The molecule has 0 saturated carbocycles. The van der Waals surface area contributed by atoms with Crippen molar-refractivity contribution in [3.8, 4) is 0 Å². The average molecular weight is 532 g/mol. The number of rotatable bonds is 7. The van der Waals surface area contributed by atoms with E-state index in [2.05, 4.69) is 29.4 Å². The third-order valence-electron chi connectivity index (χ3n) is 6.83. The number of likely N-dealkylation sites (tertiary alicyclic amines) is 1. The van der Waals surface area contributed by atoms with Gasteiger partial charge in [-0.2, -0.15) is 0 Å². The first-order chi connectivity index (χ1) is 17.7. The zero-order chi connectivity index (χ0) is 28.3. The second-order valence-electron chi connectivity index (χ2n) is 11.5. The smallest absolute Gasteiger partial charge is 0.408 e. The summed E-state index contributed by atoms with van der Waals surface area (Å²) >= 11 is 0. The van der Waals surface area contributed by atoms with Gasteiger partial charge in [0.05, 0.1) is 12.7 Å². The number of piperidine rings is 1. The number of amides is 4. The van der Waals surface area contributed by atoms with Crippen LogP contribution in [0, 0.1) is 5.92 Å². The Bertz CT molecular complexity index is 1020. The molecule has 2 atom stereocenters. The van der Waals surface area contributed by atoms with Crippen LogP contribution in [0.25, 0.3) is 0 Å². The molecule has 11 heteroatoms. The summed E-state index contributed by atoms with van der Waals surface area (Å²) in [6, 6.07) is 7.12. The normalized spacial score (nSPS) is 18.9. The quantitative estimate of drug-likeness (QED) is 0.493. The Morgan fingerprint density at radius 2 is 1.66 bits per heavy atom. The molecule has 4 amide bonds. The summed E-state index contributed by atoms with van der Waals surface area (Å²) in [5.41, 5.74) is -0.559. The molecule has 0 aromatic heterocycles. The Hall–Kier alpha value is -3.50. The van der Waals surface area contributed by atoms with Gasteiger partial charge in [-0.05, 0) is 58.6 Å². The highest BCUT2D eigenvalue weighted by Crippen LogP contribution is 2.39. The largest absolute Gasteiger partial charge is 0.480 e. The lowest BCUT2D eigenvalue weighted by Crippen LogP contribution is -2.61. The molecule has 2 saturated heterocycles. The molecule has 2 fully saturated rings. The van der Waals surface area contributed by atoms with E-state index in [0.717, 1.165) is 5.69 Å². The molecule has 2 aliphatic heterocycles. The Morgan fingerprint density at radius 1 is 1.05 bits per heavy atom. The van der Waals surface area contributed by atoms with Crippen molar-refractivity contribution in [3.63, 3.8) is 0 Å². The zero-order valence-corrected chi connectivity index (χ0v) is 23.2. The van der Waals surface area contributed by atoms with Crippen LogP contribution in [0.15, 0.2) is 30.3 Å². The van der Waals surface area contributed by atoms with E-state index in [4.69, 9.17) is 4.74 Å². The van der Waals surface area contributed by atoms with E-state index in [1.165, 1.54) is 6.92 Å². The fourth-order valence-electron chi connectivity index (χ4n) is 5.07. The van der Waals surface area contributed by atoms with Gasteiger partial charge in [-0.3, -0.25) is 4.79 Å². The highest BCUT2D eigenvalue weighted by Gasteiger charge is 2.54. The molecule has 1 spiro atoms. The van der Waals surface area contributed by atoms with Crippen LogP contribution in [0.5, 0.6) is 0 Å². The van der Waals surface area contributed by atoms with Crippen molar-refractivity contribution in [1.82, 2.24) is 20.4 Å². The predicted octanol–water partition coefficient (Wildman–Crippen LogP) is 2.86. The highest BCUT2D eigenvalue weighted by atomic mass is 16.6. The van der Waals surface area contributed by atoms with Crippen LogP contribution < -0.4 is 15.5 Å². The fourth-order valence-corrected chi connectivity index (χ4v) is 5.07. The standard InChI is InChI=1S/C27H41N5O6/c1-18(2)16-31-17-32(20-10-8-7-9-11-20)27(23(31)35)12-14-30(15-13-27)24(36)28-19(3)21(22(33)34)29-25(37)38-26(4,5)6/h7-11,18-19,21H,12-17H2,1-6H3,(H,28,36)(H,29,37)(H,33,34). The van der Waals surface area contributed by atoms with Crippen molar-refractivity contribution < 1.29 is 29.0 Å². The summed E-state index contributed by atoms with van der Waals surface area (Å²) in [6.45, 7) is 12.5. The number of benzene rings is 1. The van der Waals surface area contributed by atoms with E-state index in [-0.39, 0.29) is 5.91 Å². The Labute approximate surface area is 224 Å². The lowest BCUT2D eigenvalue weighted by atomic mass is 9.85. The van der Waals surface area contributed by atoms with Gasteiger partial charge in [-0.25, -0.2) is 14.4 Å². The minimum Gasteiger partial charge on any atom is -0.480 e. The van der Waals surface area contributed by atoms with E-state index in [1.807, 2.05) is 35.2 Å². The van der Waals surface area contributed by atoms with Gasteiger partial charge < -0.3 is 35.2 Å². The second-order valence-corrected chi connectivity index (χ2v) is 11.5. The van der Waals surface area contributed by atoms with Crippen LogP contribution >= 0.6 is 0 Å². The number of aliphatic carboxylic acids is 1. The topological polar surface area (TPSA) is 132 Å². The first-order valence-electron chi connectivity index (χ1n) is 13.1.